The summed E-state index contributed by atoms with van der Waals surface area (Å²) in [5.41, 5.74) is -0.0316. The van der Waals surface area contributed by atoms with Crippen LogP contribution in [-0.2, 0) is 6.67 Å². The van der Waals surface area contributed by atoms with Crippen LogP contribution >= 0.6 is 0 Å². The Morgan fingerprint density at radius 3 is 2.44 bits per heavy atom. The fourth-order valence-corrected chi connectivity index (χ4v) is 1.16. The van der Waals surface area contributed by atoms with Gasteiger partial charge in [0.05, 0.1) is 18.9 Å². The lowest BCUT2D eigenvalue weighted by molar-refractivity contribution is -0.275. The number of aromatic nitrogens is 1. The number of hydrogen-bond donors (Lipinski definition) is 0. The van der Waals surface area contributed by atoms with Gasteiger partial charge >= 0.3 is 6.36 Å². The fourth-order valence-electron chi connectivity index (χ4n) is 1.16. The standard InChI is InChI=1S/C9H9F4NO2/c1-5-6(3-10)8(15-2)14-4-7(5)16-9(11,12)13/h4H,3H2,1-2H3. The maximum Gasteiger partial charge on any atom is 0.573 e. The summed E-state index contributed by atoms with van der Waals surface area (Å²) in [6, 6.07) is 0. The summed E-state index contributed by atoms with van der Waals surface area (Å²) in [6.07, 6.45) is -3.98. The van der Waals surface area contributed by atoms with Gasteiger partial charge in [0, 0.05) is 5.56 Å². The van der Waals surface area contributed by atoms with Crippen LogP contribution in [-0.4, -0.2) is 18.5 Å². The SMILES string of the molecule is COc1ncc(OC(F)(F)F)c(C)c1CF. The zero-order valence-corrected chi connectivity index (χ0v) is 8.56. The van der Waals surface area contributed by atoms with Crippen LogP contribution in [0.5, 0.6) is 11.6 Å². The highest BCUT2D eigenvalue weighted by molar-refractivity contribution is 5.42. The molecular weight excluding hydrogens is 230 g/mol. The second-order valence-corrected chi connectivity index (χ2v) is 2.92. The zero-order valence-electron chi connectivity index (χ0n) is 8.56. The van der Waals surface area contributed by atoms with E-state index in [9.17, 15) is 17.6 Å². The topological polar surface area (TPSA) is 31.4 Å². The predicted octanol–water partition coefficient (Wildman–Crippen LogP) is 2.77. The van der Waals surface area contributed by atoms with E-state index in [-0.39, 0.29) is 17.0 Å². The summed E-state index contributed by atoms with van der Waals surface area (Å²) < 4.78 is 56.9. The first-order valence-corrected chi connectivity index (χ1v) is 4.23. The third kappa shape index (κ3) is 2.74. The lowest BCUT2D eigenvalue weighted by atomic mass is 10.1. The van der Waals surface area contributed by atoms with Gasteiger partial charge in [-0.2, -0.15) is 0 Å². The number of halogens is 4. The molecule has 16 heavy (non-hydrogen) atoms. The van der Waals surface area contributed by atoms with Crippen molar-refractivity contribution < 1.29 is 27.0 Å². The van der Waals surface area contributed by atoms with Crippen molar-refractivity contribution >= 4 is 0 Å². The fraction of sp³-hybridized carbons (Fsp3) is 0.444. The molecule has 3 nitrogen and oxygen atoms in total. The number of methoxy groups -OCH3 is 1. The van der Waals surface area contributed by atoms with Gasteiger partial charge in [0.25, 0.3) is 0 Å². The molecule has 0 N–H and O–H groups in total. The second-order valence-electron chi connectivity index (χ2n) is 2.92. The van der Waals surface area contributed by atoms with E-state index in [2.05, 4.69) is 9.72 Å². The van der Waals surface area contributed by atoms with Gasteiger partial charge < -0.3 is 9.47 Å². The van der Waals surface area contributed by atoms with Crippen LogP contribution in [0.4, 0.5) is 17.6 Å². The molecule has 0 saturated carbocycles. The smallest absolute Gasteiger partial charge is 0.481 e. The molecule has 0 amide bonds. The van der Waals surface area contributed by atoms with Gasteiger partial charge in [-0.1, -0.05) is 0 Å². The molecule has 1 aromatic rings. The maximum absolute atomic E-state index is 12.6. The van der Waals surface area contributed by atoms with Crippen molar-refractivity contribution in [2.45, 2.75) is 20.0 Å². The number of hydrogen-bond acceptors (Lipinski definition) is 3. The molecule has 0 aliphatic rings. The predicted molar refractivity (Wildman–Crippen MR) is 47.0 cm³/mol. The molecule has 1 aromatic heterocycles. The van der Waals surface area contributed by atoms with E-state index in [0.29, 0.717) is 0 Å². The minimum absolute atomic E-state index is 0.0201. The molecule has 0 aliphatic heterocycles. The van der Waals surface area contributed by atoms with Crippen molar-refractivity contribution in [3.8, 4) is 11.6 Å². The Morgan fingerprint density at radius 1 is 1.38 bits per heavy atom. The minimum atomic E-state index is -4.82. The minimum Gasteiger partial charge on any atom is -0.481 e. The van der Waals surface area contributed by atoms with Crippen molar-refractivity contribution in [2.24, 2.45) is 0 Å². The van der Waals surface area contributed by atoms with Crippen molar-refractivity contribution in [3.05, 3.63) is 17.3 Å². The number of nitrogens with zero attached hydrogens (tertiary/aromatic N) is 1. The molecule has 0 spiro atoms. The molecule has 1 heterocycles. The van der Waals surface area contributed by atoms with Gasteiger partial charge in [-0.15, -0.1) is 13.2 Å². The Morgan fingerprint density at radius 2 is 2.00 bits per heavy atom. The molecule has 7 heteroatoms. The van der Waals surface area contributed by atoms with E-state index < -0.39 is 18.8 Å². The Balaban J connectivity index is 3.14. The average Bonchev–Trinajstić information content (AvgIpc) is 2.19. The largest absolute Gasteiger partial charge is 0.573 e. The monoisotopic (exact) mass is 239 g/mol. The molecular formula is C9H9F4NO2. The van der Waals surface area contributed by atoms with Gasteiger partial charge in [-0.3, -0.25) is 0 Å². The van der Waals surface area contributed by atoms with Crippen LogP contribution < -0.4 is 9.47 Å². The quantitative estimate of drug-likeness (QED) is 0.760. The highest BCUT2D eigenvalue weighted by Gasteiger charge is 2.32. The summed E-state index contributed by atoms with van der Waals surface area (Å²) in [7, 11) is 1.26. The Hall–Kier alpha value is -1.53. The number of alkyl halides is 4. The molecule has 0 aromatic carbocycles. The van der Waals surface area contributed by atoms with Gasteiger partial charge in [0.15, 0.2) is 5.75 Å². The van der Waals surface area contributed by atoms with Crippen LogP contribution in [0, 0.1) is 6.92 Å². The van der Waals surface area contributed by atoms with Gasteiger partial charge in [0.1, 0.15) is 6.67 Å². The van der Waals surface area contributed by atoms with Gasteiger partial charge in [0.2, 0.25) is 5.88 Å². The second kappa shape index (κ2) is 4.54. The first-order valence-electron chi connectivity index (χ1n) is 4.23. The van der Waals surface area contributed by atoms with Crippen molar-refractivity contribution in [1.82, 2.24) is 4.98 Å². The number of rotatable bonds is 3. The first kappa shape index (κ1) is 12.5. The van der Waals surface area contributed by atoms with E-state index in [1.165, 1.54) is 14.0 Å². The van der Waals surface area contributed by atoms with Crippen LogP contribution in [0.3, 0.4) is 0 Å². The van der Waals surface area contributed by atoms with Crippen LogP contribution in [0.1, 0.15) is 11.1 Å². The molecule has 90 valence electrons. The number of pyridine rings is 1. The summed E-state index contributed by atoms with van der Waals surface area (Å²) in [5, 5.41) is 0. The van der Waals surface area contributed by atoms with Crippen LogP contribution in [0.25, 0.3) is 0 Å². The lowest BCUT2D eigenvalue weighted by Crippen LogP contribution is -2.18. The van der Waals surface area contributed by atoms with E-state index in [1.807, 2.05) is 0 Å². The van der Waals surface area contributed by atoms with Crippen molar-refractivity contribution in [1.29, 1.82) is 0 Å². The van der Waals surface area contributed by atoms with Gasteiger partial charge in [-0.05, 0) is 6.92 Å². The van der Waals surface area contributed by atoms with Gasteiger partial charge in [-0.25, -0.2) is 9.37 Å². The van der Waals surface area contributed by atoms with E-state index >= 15 is 0 Å². The molecule has 0 unspecified atom stereocenters. The lowest BCUT2D eigenvalue weighted by Gasteiger charge is -2.14. The third-order valence-corrected chi connectivity index (χ3v) is 1.93. The average molecular weight is 239 g/mol. The van der Waals surface area contributed by atoms with Crippen molar-refractivity contribution in [3.63, 3.8) is 0 Å². The molecule has 0 fully saturated rings. The first-order chi connectivity index (χ1) is 7.39. The summed E-state index contributed by atoms with van der Waals surface area (Å²) in [5.74, 6) is -0.574. The molecule has 0 aliphatic carbocycles. The maximum atomic E-state index is 12.6. The molecule has 0 radical (unpaired) electrons. The Labute approximate surface area is 89.0 Å². The van der Waals surface area contributed by atoms with E-state index in [1.54, 1.807) is 0 Å². The molecule has 0 atom stereocenters. The normalized spacial score (nSPS) is 11.4. The third-order valence-electron chi connectivity index (χ3n) is 1.93. The van der Waals surface area contributed by atoms with E-state index in [4.69, 9.17) is 4.74 Å². The van der Waals surface area contributed by atoms with Crippen LogP contribution in [0.15, 0.2) is 6.20 Å². The molecule has 0 saturated heterocycles. The highest BCUT2D eigenvalue weighted by Crippen LogP contribution is 2.31. The summed E-state index contributed by atoms with van der Waals surface area (Å²) in [6.45, 7) is 0.331. The highest BCUT2D eigenvalue weighted by atomic mass is 19.4. The number of ether oxygens (including phenoxy) is 2. The molecule has 1 rings (SSSR count). The van der Waals surface area contributed by atoms with E-state index in [0.717, 1.165) is 6.20 Å². The Kier molecular flexibility index (Phi) is 3.56. The molecule has 0 bridgehead atoms. The summed E-state index contributed by atoms with van der Waals surface area (Å²) in [4.78, 5) is 3.53. The summed E-state index contributed by atoms with van der Waals surface area (Å²) >= 11 is 0. The zero-order chi connectivity index (χ0) is 12.3. The van der Waals surface area contributed by atoms with Crippen molar-refractivity contribution in [2.75, 3.05) is 7.11 Å². The van der Waals surface area contributed by atoms with Crippen LogP contribution in [0.2, 0.25) is 0 Å². The Bertz CT molecular complexity index is 379.